The summed E-state index contributed by atoms with van der Waals surface area (Å²) in [6.07, 6.45) is 4.03. The van der Waals surface area contributed by atoms with Crippen LogP contribution in [-0.4, -0.2) is 63.6 Å². The second-order valence-corrected chi connectivity index (χ2v) is 8.47. The highest BCUT2D eigenvalue weighted by atomic mass is 16.4. The molecule has 6 heteroatoms. The van der Waals surface area contributed by atoms with Gasteiger partial charge in [0, 0.05) is 25.0 Å². The molecule has 6 nitrogen and oxygen atoms in total. The number of rotatable bonds is 5. The largest absolute Gasteiger partial charge is 0.507 e. The van der Waals surface area contributed by atoms with Gasteiger partial charge in [0.2, 0.25) is 5.91 Å². The van der Waals surface area contributed by atoms with Gasteiger partial charge in [-0.2, -0.15) is 0 Å². The minimum Gasteiger partial charge on any atom is -0.507 e. The molecule has 2 N–H and O–H groups in total. The fourth-order valence-corrected chi connectivity index (χ4v) is 4.83. The van der Waals surface area contributed by atoms with Crippen LogP contribution in [0.3, 0.4) is 0 Å². The van der Waals surface area contributed by atoms with Crippen molar-refractivity contribution in [3.63, 3.8) is 0 Å². The fourth-order valence-electron chi connectivity index (χ4n) is 4.83. The first-order chi connectivity index (χ1) is 13.3. The van der Waals surface area contributed by atoms with E-state index >= 15 is 0 Å². The molecule has 2 fully saturated rings. The molecule has 2 heterocycles. The molecule has 2 atom stereocenters. The van der Waals surface area contributed by atoms with Crippen molar-refractivity contribution in [1.29, 1.82) is 0 Å². The number of amides is 1. The Bertz CT molecular complexity index is 717. The maximum Gasteiger partial charge on any atom is 0.320 e. The number of phenolic OH excluding ortho intramolecular Hbond substituents is 1. The van der Waals surface area contributed by atoms with E-state index in [4.69, 9.17) is 0 Å². The molecule has 1 aromatic carbocycles. The number of nitrogens with zero attached hydrogens (tertiary/aromatic N) is 2. The van der Waals surface area contributed by atoms with E-state index in [9.17, 15) is 19.8 Å². The molecule has 2 saturated heterocycles. The zero-order chi connectivity index (χ0) is 20.4. The topological polar surface area (TPSA) is 81.1 Å². The number of likely N-dealkylation sites (tertiary alicyclic amines) is 2. The van der Waals surface area contributed by atoms with E-state index in [2.05, 4.69) is 4.90 Å². The number of carbonyl (C=O) groups is 2. The predicted octanol–water partition coefficient (Wildman–Crippen LogP) is 2.73. The number of phenols is 1. The SMILES string of the molecule is Cc1cc(C[C@@H](C)C(=O)N2CCC(N3CCC[C@H]3C(=O)O)CC2)cc(C)c1O. The smallest absolute Gasteiger partial charge is 0.320 e. The quantitative estimate of drug-likeness (QED) is 0.811. The highest BCUT2D eigenvalue weighted by Gasteiger charge is 2.37. The Morgan fingerprint density at radius 1 is 1.11 bits per heavy atom. The third-order valence-electron chi connectivity index (χ3n) is 6.34. The Morgan fingerprint density at radius 3 is 2.29 bits per heavy atom. The average molecular weight is 389 g/mol. The molecule has 28 heavy (non-hydrogen) atoms. The maximum atomic E-state index is 12.9. The molecular weight excluding hydrogens is 356 g/mol. The molecule has 1 amide bonds. The van der Waals surface area contributed by atoms with Gasteiger partial charge in [-0.15, -0.1) is 0 Å². The lowest BCUT2D eigenvalue weighted by molar-refractivity contribution is -0.144. The fraction of sp³-hybridized carbons (Fsp3) is 0.636. The number of aryl methyl sites for hydroxylation is 2. The van der Waals surface area contributed by atoms with Gasteiger partial charge in [0.15, 0.2) is 0 Å². The van der Waals surface area contributed by atoms with Gasteiger partial charge in [-0.3, -0.25) is 14.5 Å². The first kappa shape index (κ1) is 20.6. The third-order valence-corrected chi connectivity index (χ3v) is 6.34. The third kappa shape index (κ3) is 4.32. The number of hydrogen-bond acceptors (Lipinski definition) is 4. The van der Waals surface area contributed by atoms with E-state index in [1.807, 2.05) is 37.8 Å². The minimum atomic E-state index is -0.718. The van der Waals surface area contributed by atoms with Gasteiger partial charge in [0.1, 0.15) is 11.8 Å². The van der Waals surface area contributed by atoms with Crippen LogP contribution in [0.5, 0.6) is 5.75 Å². The van der Waals surface area contributed by atoms with Crippen LogP contribution < -0.4 is 0 Å². The van der Waals surface area contributed by atoms with Crippen molar-refractivity contribution in [1.82, 2.24) is 9.80 Å². The van der Waals surface area contributed by atoms with E-state index in [-0.39, 0.29) is 23.9 Å². The molecule has 1 aromatic rings. The minimum absolute atomic E-state index is 0.113. The molecule has 0 aromatic heterocycles. The summed E-state index contributed by atoms with van der Waals surface area (Å²) >= 11 is 0. The molecular formula is C22H32N2O4. The number of hydrogen-bond donors (Lipinski definition) is 2. The highest BCUT2D eigenvalue weighted by molar-refractivity contribution is 5.79. The van der Waals surface area contributed by atoms with Crippen LogP contribution in [0.15, 0.2) is 12.1 Å². The lowest BCUT2D eigenvalue weighted by atomic mass is 9.95. The Morgan fingerprint density at radius 2 is 1.71 bits per heavy atom. The molecule has 0 unspecified atom stereocenters. The predicted molar refractivity (Wildman–Crippen MR) is 107 cm³/mol. The Labute approximate surface area is 167 Å². The lowest BCUT2D eigenvalue weighted by Gasteiger charge is -2.39. The van der Waals surface area contributed by atoms with Crippen molar-refractivity contribution < 1.29 is 19.8 Å². The van der Waals surface area contributed by atoms with Crippen LogP contribution in [0.2, 0.25) is 0 Å². The first-order valence-corrected chi connectivity index (χ1v) is 10.3. The molecule has 154 valence electrons. The van der Waals surface area contributed by atoms with Crippen LogP contribution in [0.4, 0.5) is 0 Å². The molecule has 0 radical (unpaired) electrons. The van der Waals surface area contributed by atoms with Crippen molar-refractivity contribution in [2.24, 2.45) is 5.92 Å². The summed E-state index contributed by atoms with van der Waals surface area (Å²) in [6, 6.07) is 3.83. The Kier molecular flexibility index (Phi) is 6.28. The number of carbonyl (C=O) groups excluding carboxylic acids is 1. The van der Waals surface area contributed by atoms with Crippen molar-refractivity contribution in [2.45, 2.75) is 65.0 Å². The van der Waals surface area contributed by atoms with Crippen molar-refractivity contribution >= 4 is 11.9 Å². The van der Waals surface area contributed by atoms with E-state index in [0.29, 0.717) is 25.3 Å². The monoisotopic (exact) mass is 388 g/mol. The van der Waals surface area contributed by atoms with Gasteiger partial charge in [-0.25, -0.2) is 0 Å². The second kappa shape index (κ2) is 8.52. The number of piperidine rings is 1. The summed E-state index contributed by atoms with van der Waals surface area (Å²) in [7, 11) is 0. The molecule has 2 aliphatic heterocycles. The van der Waals surface area contributed by atoms with Gasteiger partial charge < -0.3 is 15.1 Å². The maximum absolute atomic E-state index is 12.9. The number of aliphatic carboxylic acids is 1. The summed E-state index contributed by atoms with van der Waals surface area (Å²) in [5.41, 5.74) is 2.76. The van der Waals surface area contributed by atoms with Crippen molar-refractivity contribution in [2.75, 3.05) is 19.6 Å². The normalized spacial score (nSPS) is 22.4. The molecule has 0 spiro atoms. The molecule has 0 bridgehead atoms. The number of benzene rings is 1. The van der Waals surface area contributed by atoms with Crippen molar-refractivity contribution in [3.8, 4) is 5.75 Å². The van der Waals surface area contributed by atoms with E-state index < -0.39 is 5.97 Å². The summed E-state index contributed by atoms with van der Waals surface area (Å²) in [5, 5.41) is 19.3. The number of carboxylic acids is 1. The van der Waals surface area contributed by atoms with E-state index in [1.54, 1.807) is 0 Å². The summed E-state index contributed by atoms with van der Waals surface area (Å²) in [5.74, 6) is -0.341. The zero-order valence-electron chi connectivity index (χ0n) is 17.1. The van der Waals surface area contributed by atoms with Crippen LogP contribution in [0.1, 0.15) is 49.3 Å². The van der Waals surface area contributed by atoms with Gasteiger partial charge in [-0.1, -0.05) is 19.1 Å². The molecule has 0 aliphatic carbocycles. The first-order valence-electron chi connectivity index (χ1n) is 10.3. The van der Waals surface area contributed by atoms with Crippen molar-refractivity contribution in [3.05, 3.63) is 28.8 Å². The highest BCUT2D eigenvalue weighted by Crippen LogP contribution is 2.28. The lowest BCUT2D eigenvalue weighted by Crippen LogP contribution is -2.50. The van der Waals surface area contributed by atoms with Crippen LogP contribution >= 0.6 is 0 Å². The van der Waals surface area contributed by atoms with Crippen LogP contribution in [0.25, 0.3) is 0 Å². The Hall–Kier alpha value is -2.08. The van der Waals surface area contributed by atoms with Gasteiger partial charge in [-0.05, 0) is 69.2 Å². The van der Waals surface area contributed by atoms with E-state index in [1.165, 1.54) is 0 Å². The number of aromatic hydroxyl groups is 1. The zero-order valence-corrected chi connectivity index (χ0v) is 17.1. The summed E-state index contributed by atoms with van der Waals surface area (Å²) in [6.45, 7) is 7.98. The standard InChI is InChI=1S/C22H32N2O4/c1-14-11-17(12-15(2)20(14)25)13-16(3)21(26)23-9-6-18(7-10-23)24-8-4-5-19(24)22(27)28/h11-12,16,18-19,25H,4-10,13H2,1-3H3,(H,27,28)/t16-,19+/m1/s1. The summed E-state index contributed by atoms with van der Waals surface area (Å²) in [4.78, 5) is 28.4. The molecule has 3 rings (SSSR count). The average Bonchev–Trinajstić information content (AvgIpc) is 3.15. The summed E-state index contributed by atoms with van der Waals surface area (Å²) < 4.78 is 0. The van der Waals surface area contributed by atoms with Gasteiger partial charge in [0.05, 0.1) is 0 Å². The van der Waals surface area contributed by atoms with E-state index in [0.717, 1.165) is 48.9 Å². The second-order valence-electron chi connectivity index (χ2n) is 8.47. The Balaban J connectivity index is 1.55. The van der Waals surface area contributed by atoms with Crippen LogP contribution in [0, 0.1) is 19.8 Å². The van der Waals surface area contributed by atoms with Crippen LogP contribution in [-0.2, 0) is 16.0 Å². The van der Waals surface area contributed by atoms with Gasteiger partial charge >= 0.3 is 5.97 Å². The number of carboxylic acid groups (broad SMARTS) is 1. The molecule has 2 aliphatic rings. The van der Waals surface area contributed by atoms with Gasteiger partial charge in [0.25, 0.3) is 0 Å². The molecule has 0 saturated carbocycles.